The monoisotopic (exact) mass is 325 g/mol. The zero-order valence-electron chi connectivity index (χ0n) is 12.9. The van der Waals surface area contributed by atoms with Crippen molar-refractivity contribution in [3.8, 4) is 0 Å². The minimum absolute atomic E-state index is 0.0208. The van der Waals surface area contributed by atoms with E-state index < -0.39 is 5.97 Å². The molecule has 3 rings (SSSR count). The van der Waals surface area contributed by atoms with E-state index in [0.29, 0.717) is 6.04 Å². The molecule has 5 nitrogen and oxygen atoms in total. The lowest BCUT2D eigenvalue weighted by Crippen LogP contribution is -2.51. The van der Waals surface area contributed by atoms with Gasteiger partial charge in [-0.25, -0.2) is 4.79 Å². The summed E-state index contributed by atoms with van der Waals surface area (Å²) in [6, 6.07) is 2.48. The van der Waals surface area contributed by atoms with Gasteiger partial charge in [0.15, 0.2) is 0 Å². The van der Waals surface area contributed by atoms with E-state index in [4.69, 9.17) is 14.6 Å². The maximum absolute atomic E-state index is 10.7. The third-order valence-corrected chi connectivity index (χ3v) is 5.79. The molecule has 1 N–H and O–H groups in total. The summed E-state index contributed by atoms with van der Waals surface area (Å²) in [4.78, 5) is 13.2. The van der Waals surface area contributed by atoms with Gasteiger partial charge in [0.1, 0.15) is 6.61 Å². The minimum atomic E-state index is -0.898. The SMILES string of the molecule is CO[C@@]12CC[C@H](OCC(=O)O)C[C@@H]1N(Cc1ccsc1)CC2. The van der Waals surface area contributed by atoms with E-state index in [1.54, 1.807) is 18.4 Å². The van der Waals surface area contributed by atoms with Crippen LogP contribution >= 0.6 is 11.3 Å². The average molecular weight is 325 g/mol. The predicted molar refractivity (Wildman–Crippen MR) is 84.1 cm³/mol. The third kappa shape index (κ3) is 3.20. The number of carboxylic acid groups (broad SMARTS) is 1. The van der Waals surface area contributed by atoms with E-state index in [-0.39, 0.29) is 18.3 Å². The van der Waals surface area contributed by atoms with E-state index in [9.17, 15) is 4.79 Å². The first-order valence-electron chi connectivity index (χ1n) is 7.76. The standard InChI is InChI=1S/C16H23NO4S/c1-20-16-4-2-13(21-10-15(18)19)8-14(16)17(6-5-16)9-12-3-7-22-11-12/h3,7,11,13-14H,2,4-6,8-10H2,1H3,(H,18,19)/t13-,14-,16+/m0/s1. The molecule has 1 saturated carbocycles. The van der Waals surface area contributed by atoms with Gasteiger partial charge in [-0.15, -0.1) is 0 Å². The largest absolute Gasteiger partial charge is 0.480 e. The number of fused-ring (bicyclic) bond motifs is 1. The first-order valence-corrected chi connectivity index (χ1v) is 8.71. The van der Waals surface area contributed by atoms with Crippen molar-refractivity contribution in [1.82, 2.24) is 4.90 Å². The predicted octanol–water partition coefficient (Wildman–Crippen LogP) is 2.36. The molecule has 0 aromatic carbocycles. The molecule has 1 aliphatic carbocycles. The van der Waals surface area contributed by atoms with E-state index in [0.717, 1.165) is 38.8 Å². The molecule has 1 aliphatic heterocycles. The van der Waals surface area contributed by atoms with Gasteiger partial charge in [-0.2, -0.15) is 11.3 Å². The van der Waals surface area contributed by atoms with Crippen LogP contribution in [0.4, 0.5) is 0 Å². The molecule has 0 radical (unpaired) electrons. The number of methoxy groups -OCH3 is 1. The summed E-state index contributed by atoms with van der Waals surface area (Å²) in [7, 11) is 1.81. The molecule has 2 fully saturated rings. The number of rotatable bonds is 6. The van der Waals surface area contributed by atoms with Gasteiger partial charge >= 0.3 is 5.97 Å². The number of nitrogens with zero attached hydrogens (tertiary/aromatic N) is 1. The second kappa shape index (κ2) is 6.66. The Balaban J connectivity index is 1.68. The summed E-state index contributed by atoms with van der Waals surface area (Å²) in [5, 5.41) is 13.1. The van der Waals surface area contributed by atoms with E-state index in [2.05, 4.69) is 21.7 Å². The van der Waals surface area contributed by atoms with Crippen LogP contribution in [0.2, 0.25) is 0 Å². The molecule has 1 aromatic rings. The Morgan fingerprint density at radius 1 is 1.55 bits per heavy atom. The van der Waals surface area contributed by atoms with Crippen LogP contribution in [-0.2, 0) is 20.8 Å². The second-order valence-electron chi connectivity index (χ2n) is 6.24. The molecule has 0 amide bonds. The van der Waals surface area contributed by atoms with E-state index >= 15 is 0 Å². The molecule has 122 valence electrons. The number of carboxylic acids is 1. The zero-order valence-corrected chi connectivity index (χ0v) is 13.7. The van der Waals surface area contributed by atoms with Crippen molar-refractivity contribution >= 4 is 17.3 Å². The Bertz CT molecular complexity index is 506. The first-order chi connectivity index (χ1) is 10.6. The highest BCUT2D eigenvalue weighted by molar-refractivity contribution is 7.07. The number of thiophene rings is 1. The van der Waals surface area contributed by atoms with Crippen LogP contribution < -0.4 is 0 Å². The van der Waals surface area contributed by atoms with Crippen molar-refractivity contribution in [2.24, 2.45) is 0 Å². The van der Waals surface area contributed by atoms with Crippen molar-refractivity contribution in [3.63, 3.8) is 0 Å². The molecule has 2 aliphatic rings. The molecule has 0 bridgehead atoms. The van der Waals surface area contributed by atoms with Crippen LogP contribution in [0.5, 0.6) is 0 Å². The van der Waals surface area contributed by atoms with Crippen LogP contribution in [0.1, 0.15) is 31.2 Å². The van der Waals surface area contributed by atoms with Crippen molar-refractivity contribution in [2.75, 3.05) is 20.3 Å². The Morgan fingerprint density at radius 3 is 3.09 bits per heavy atom. The van der Waals surface area contributed by atoms with Crippen LogP contribution in [0.25, 0.3) is 0 Å². The molecule has 2 heterocycles. The normalized spacial score (nSPS) is 32.0. The highest BCUT2D eigenvalue weighted by Crippen LogP contribution is 2.43. The zero-order chi connectivity index (χ0) is 15.6. The van der Waals surface area contributed by atoms with Gasteiger partial charge in [0.25, 0.3) is 0 Å². The number of carbonyl (C=O) groups is 1. The number of aliphatic carboxylic acids is 1. The van der Waals surface area contributed by atoms with E-state index in [1.807, 2.05) is 0 Å². The van der Waals surface area contributed by atoms with E-state index in [1.165, 1.54) is 5.56 Å². The van der Waals surface area contributed by atoms with Crippen molar-refractivity contribution < 1.29 is 19.4 Å². The van der Waals surface area contributed by atoms with Crippen LogP contribution in [0, 0.1) is 0 Å². The topological polar surface area (TPSA) is 59.0 Å². The van der Waals surface area contributed by atoms with Gasteiger partial charge in [-0.05, 0) is 48.1 Å². The summed E-state index contributed by atoms with van der Waals surface area (Å²) in [5.41, 5.74) is 1.25. The van der Waals surface area contributed by atoms with Gasteiger partial charge < -0.3 is 14.6 Å². The Morgan fingerprint density at radius 2 is 2.41 bits per heavy atom. The third-order valence-electron chi connectivity index (χ3n) is 5.06. The lowest BCUT2D eigenvalue weighted by Gasteiger charge is -2.43. The molecule has 0 spiro atoms. The fourth-order valence-corrected chi connectivity index (χ4v) is 4.56. The lowest BCUT2D eigenvalue weighted by molar-refractivity contribution is -0.148. The van der Waals surface area contributed by atoms with Gasteiger partial charge in [0.05, 0.1) is 11.7 Å². The van der Waals surface area contributed by atoms with Crippen molar-refractivity contribution in [1.29, 1.82) is 0 Å². The highest BCUT2D eigenvalue weighted by Gasteiger charge is 2.51. The number of ether oxygens (including phenoxy) is 2. The maximum Gasteiger partial charge on any atom is 0.329 e. The summed E-state index contributed by atoms with van der Waals surface area (Å²) in [6.45, 7) is 1.76. The summed E-state index contributed by atoms with van der Waals surface area (Å²) < 4.78 is 11.5. The van der Waals surface area contributed by atoms with Crippen molar-refractivity contribution in [2.45, 2.75) is 50.0 Å². The Hall–Kier alpha value is -0.950. The summed E-state index contributed by atoms with van der Waals surface area (Å²) >= 11 is 1.72. The fraction of sp³-hybridized carbons (Fsp3) is 0.688. The second-order valence-corrected chi connectivity index (χ2v) is 7.02. The van der Waals surface area contributed by atoms with Crippen LogP contribution in [0.3, 0.4) is 0 Å². The highest BCUT2D eigenvalue weighted by atomic mass is 32.1. The molecular formula is C16H23NO4S. The van der Waals surface area contributed by atoms with Crippen molar-refractivity contribution in [3.05, 3.63) is 22.4 Å². The quantitative estimate of drug-likeness (QED) is 0.870. The summed E-state index contributed by atoms with van der Waals surface area (Å²) in [6.07, 6.45) is 3.74. The molecule has 22 heavy (non-hydrogen) atoms. The molecule has 3 atom stereocenters. The Kier molecular flexibility index (Phi) is 4.82. The van der Waals surface area contributed by atoms with Gasteiger partial charge in [0, 0.05) is 26.2 Å². The number of hydrogen-bond acceptors (Lipinski definition) is 5. The Labute approximate surface area is 134 Å². The number of likely N-dealkylation sites (tertiary alicyclic amines) is 1. The molecular weight excluding hydrogens is 302 g/mol. The first kappa shape index (κ1) is 15.9. The van der Waals surface area contributed by atoms with Gasteiger partial charge in [0.2, 0.25) is 0 Å². The lowest BCUT2D eigenvalue weighted by atomic mass is 9.79. The fourth-order valence-electron chi connectivity index (χ4n) is 3.90. The summed E-state index contributed by atoms with van der Waals surface area (Å²) in [5.74, 6) is -0.898. The molecule has 0 unspecified atom stereocenters. The average Bonchev–Trinajstić information content (AvgIpc) is 3.14. The van der Waals surface area contributed by atoms with Gasteiger partial charge in [-0.3, -0.25) is 4.90 Å². The smallest absolute Gasteiger partial charge is 0.329 e. The maximum atomic E-state index is 10.7. The minimum Gasteiger partial charge on any atom is -0.480 e. The number of hydrogen-bond donors (Lipinski definition) is 1. The van der Waals surface area contributed by atoms with Crippen LogP contribution in [-0.4, -0.2) is 54.0 Å². The van der Waals surface area contributed by atoms with Gasteiger partial charge in [-0.1, -0.05) is 0 Å². The molecule has 1 aromatic heterocycles. The molecule has 6 heteroatoms. The van der Waals surface area contributed by atoms with Crippen LogP contribution in [0.15, 0.2) is 16.8 Å². The molecule has 1 saturated heterocycles.